The minimum Gasteiger partial charge on any atom is -0.377 e. The van der Waals surface area contributed by atoms with Crippen LogP contribution < -0.4 is 10.2 Å². The van der Waals surface area contributed by atoms with E-state index in [4.69, 9.17) is 9.72 Å². The normalized spacial score (nSPS) is 23.2. The number of hydrogen-bond donors (Lipinski definition) is 1. The van der Waals surface area contributed by atoms with Crippen LogP contribution in [0, 0.1) is 0 Å². The molecule has 0 amide bonds. The summed E-state index contributed by atoms with van der Waals surface area (Å²) in [7, 11) is 1.99. The second-order valence-corrected chi connectivity index (χ2v) is 5.11. The summed E-state index contributed by atoms with van der Waals surface area (Å²) in [6.45, 7) is 3.48. The Kier molecular flexibility index (Phi) is 3.48. The molecule has 1 saturated heterocycles. The molecule has 2 heterocycles. The van der Waals surface area contributed by atoms with Gasteiger partial charge in [0.15, 0.2) is 0 Å². The van der Waals surface area contributed by atoms with Gasteiger partial charge in [-0.1, -0.05) is 6.07 Å². The van der Waals surface area contributed by atoms with E-state index in [1.54, 1.807) is 0 Å². The van der Waals surface area contributed by atoms with E-state index in [1.807, 2.05) is 7.05 Å². The van der Waals surface area contributed by atoms with Gasteiger partial charge >= 0.3 is 0 Å². The molecule has 0 saturated carbocycles. The lowest BCUT2D eigenvalue weighted by Crippen LogP contribution is -2.50. The SMILES string of the molecule is CNCC1COCCN1c1ccc2c(n1)CCC2. The molecule has 1 N–H and O–H groups in total. The van der Waals surface area contributed by atoms with Crippen molar-refractivity contribution in [2.75, 3.05) is 38.3 Å². The van der Waals surface area contributed by atoms with Crippen molar-refractivity contribution in [2.45, 2.75) is 25.3 Å². The molecule has 4 heteroatoms. The highest BCUT2D eigenvalue weighted by Gasteiger charge is 2.24. The molecule has 1 unspecified atom stereocenters. The third kappa shape index (κ3) is 2.22. The standard InChI is InChI=1S/C14H21N3O/c1-15-9-12-10-18-8-7-17(12)14-6-5-11-3-2-4-13(11)16-14/h5-6,12,15H,2-4,7-10H2,1H3. The maximum Gasteiger partial charge on any atom is 0.129 e. The molecular formula is C14H21N3O. The number of morpholine rings is 1. The van der Waals surface area contributed by atoms with Crippen LogP contribution >= 0.6 is 0 Å². The fourth-order valence-electron chi connectivity index (χ4n) is 2.93. The Bertz CT molecular complexity index is 420. The smallest absolute Gasteiger partial charge is 0.129 e. The molecule has 1 fully saturated rings. The molecule has 1 aromatic rings. The van der Waals surface area contributed by atoms with Gasteiger partial charge in [-0.3, -0.25) is 0 Å². The van der Waals surface area contributed by atoms with Crippen LogP contribution in [0.3, 0.4) is 0 Å². The van der Waals surface area contributed by atoms with Gasteiger partial charge in [0.25, 0.3) is 0 Å². The predicted octanol–water partition coefficient (Wildman–Crippen LogP) is 0.995. The first-order valence-corrected chi connectivity index (χ1v) is 6.86. The topological polar surface area (TPSA) is 37.4 Å². The number of ether oxygens (including phenoxy) is 1. The number of fused-ring (bicyclic) bond motifs is 1. The summed E-state index contributed by atoms with van der Waals surface area (Å²) in [4.78, 5) is 7.24. The predicted molar refractivity (Wildman–Crippen MR) is 72.1 cm³/mol. The lowest BCUT2D eigenvalue weighted by molar-refractivity contribution is 0.0939. The Morgan fingerprint density at radius 3 is 3.28 bits per heavy atom. The summed E-state index contributed by atoms with van der Waals surface area (Å²) in [5, 5.41) is 3.24. The van der Waals surface area contributed by atoms with Crippen LogP contribution in [0.1, 0.15) is 17.7 Å². The van der Waals surface area contributed by atoms with Crippen molar-refractivity contribution in [1.82, 2.24) is 10.3 Å². The zero-order valence-corrected chi connectivity index (χ0v) is 11.0. The van der Waals surface area contributed by atoms with Crippen molar-refractivity contribution in [1.29, 1.82) is 0 Å². The van der Waals surface area contributed by atoms with Gasteiger partial charge in [-0.15, -0.1) is 0 Å². The molecule has 1 atom stereocenters. The summed E-state index contributed by atoms with van der Waals surface area (Å²) < 4.78 is 5.57. The first-order chi connectivity index (χ1) is 8.88. The number of pyridine rings is 1. The van der Waals surface area contributed by atoms with E-state index in [0.29, 0.717) is 6.04 Å². The maximum absolute atomic E-state index is 5.57. The summed E-state index contributed by atoms with van der Waals surface area (Å²) in [6.07, 6.45) is 3.60. The third-order valence-electron chi connectivity index (χ3n) is 3.88. The Hall–Kier alpha value is -1.13. The van der Waals surface area contributed by atoms with E-state index in [0.717, 1.165) is 38.5 Å². The van der Waals surface area contributed by atoms with Gasteiger partial charge < -0.3 is 15.0 Å². The van der Waals surface area contributed by atoms with Crippen LogP contribution in [0.15, 0.2) is 12.1 Å². The van der Waals surface area contributed by atoms with E-state index in [1.165, 1.54) is 24.1 Å². The van der Waals surface area contributed by atoms with Crippen LogP contribution in [0.4, 0.5) is 5.82 Å². The van der Waals surface area contributed by atoms with E-state index < -0.39 is 0 Å². The lowest BCUT2D eigenvalue weighted by Gasteiger charge is -2.36. The van der Waals surface area contributed by atoms with Gasteiger partial charge in [-0.25, -0.2) is 4.98 Å². The molecule has 1 aliphatic heterocycles. The van der Waals surface area contributed by atoms with Gasteiger partial charge in [-0.05, 0) is 37.9 Å². The van der Waals surface area contributed by atoms with Crippen LogP contribution in [0.5, 0.6) is 0 Å². The minimum atomic E-state index is 0.399. The molecule has 0 bridgehead atoms. The Labute approximate surface area is 108 Å². The number of rotatable bonds is 3. The highest BCUT2D eigenvalue weighted by atomic mass is 16.5. The highest BCUT2D eigenvalue weighted by molar-refractivity contribution is 5.44. The summed E-state index contributed by atoms with van der Waals surface area (Å²) in [5.41, 5.74) is 2.75. The number of likely N-dealkylation sites (N-methyl/N-ethyl adjacent to an activating group) is 1. The van der Waals surface area contributed by atoms with Crippen molar-refractivity contribution in [3.63, 3.8) is 0 Å². The van der Waals surface area contributed by atoms with Crippen LogP contribution in [-0.2, 0) is 17.6 Å². The maximum atomic E-state index is 5.57. The lowest BCUT2D eigenvalue weighted by atomic mass is 10.2. The first-order valence-electron chi connectivity index (χ1n) is 6.86. The average Bonchev–Trinajstić information content (AvgIpc) is 2.87. The van der Waals surface area contributed by atoms with Gasteiger partial charge in [0, 0.05) is 18.8 Å². The molecule has 1 aliphatic carbocycles. The number of aromatic nitrogens is 1. The van der Waals surface area contributed by atoms with Gasteiger partial charge in [0.2, 0.25) is 0 Å². The van der Waals surface area contributed by atoms with E-state index in [9.17, 15) is 0 Å². The molecule has 0 radical (unpaired) electrons. The van der Waals surface area contributed by atoms with E-state index in [2.05, 4.69) is 22.3 Å². The second kappa shape index (κ2) is 5.24. The average molecular weight is 247 g/mol. The molecule has 18 heavy (non-hydrogen) atoms. The van der Waals surface area contributed by atoms with Crippen LogP contribution in [0.25, 0.3) is 0 Å². The third-order valence-corrected chi connectivity index (χ3v) is 3.88. The summed E-state index contributed by atoms with van der Waals surface area (Å²) >= 11 is 0. The van der Waals surface area contributed by atoms with Gasteiger partial charge in [-0.2, -0.15) is 0 Å². The van der Waals surface area contributed by atoms with Gasteiger partial charge in [0.05, 0.1) is 19.3 Å². The molecule has 1 aromatic heterocycles. The quantitative estimate of drug-likeness (QED) is 0.864. The van der Waals surface area contributed by atoms with E-state index >= 15 is 0 Å². The Balaban J connectivity index is 1.83. The second-order valence-electron chi connectivity index (χ2n) is 5.11. The molecule has 98 valence electrons. The molecule has 4 nitrogen and oxygen atoms in total. The zero-order chi connectivity index (χ0) is 12.4. The van der Waals surface area contributed by atoms with Crippen molar-refractivity contribution < 1.29 is 4.74 Å². The molecule has 0 aromatic carbocycles. The minimum absolute atomic E-state index is 0.399. The van der Waals surface area contributed by atoms with E-state index in [-0.39, 0.29) is 0 Å². The first kappa shape index (κ1) is 11.9. The summed E-state index contributed by atoms with van der Waals surface area (Å²) in [6, 6.07) is 4.84. The number of aryl methyl sites for hydroxylation is 2. The highest BCUT2D eigenvalue weighted by Crippen LogP contribution is 2.25. The van der Waals surface area contributed by atoms with Crippen molar-refractivity contribution in [2.24, 2.45) is 0 Å². The van der Waals surface area contributed by atoms with Crippen LogP contribution in [-0.4, -0.2) is 44.4 Å². The summed E-state index contributed by atoms with van der Waals surface area (Å²) in [5.74, 6) is 1.12. The fraction of sp³-hybridized carbons (Fsp3) is 0.643. The zero-order valence-electron chi connectivity index (χ0n) is 11.0. The molecular weight excluding hydrogens is 226 g/mol. The fourth-order valence-corrected chi connectivity index (χ4v) is 2.93. The van der Waals surface area contributed by atoms with Gasteiger partial charge in [0.1, 0.15) is 5.82 Å². The van der Waals surface area contributed by atoms with Crippen molar-refractivity contribution in [3.05, 3.63) is 23.4 Å². The van der Waals surface area contributed by atoms with Crippen molar-refractivity contribution in [3.8, 4) is 0 Å². The number of hydrogen-bond acceptors (Lipinski definition) is 4. The Morgan fingerprint density at radius 1 is 1.44 bits per heavy atom. The number of nitrogens with one attached hydrogen (secondary N) is 1. The number of anilines is 1. The largest absolute Gasteiger partial charge is 0.377 e. The monoisotopic (exact) mass is 247 g/mol. The molecule has 0 spiro atoms. The number of nitrogens with zero attached hydrogens (tertiary/aromatic N) is 2. The Morgan fingerprint density at radius 2 is 2.39 bits per heavy atom. The van der Waals surface area contributed by atoms with Crippen LogP contribution in [0.2, 0.25) is 0 Å². The molecule has 3 rings (SSSR count). The molecule has 2 aliphatic rings. The van der Waals surface area contributed by atoms with Crippen molar-refractivity contribution >= 4 is 5.82 Å².